The molecule has 0 aliphatic rings. The molecule has 0 aliphatic carbocycles. The van der Waals surface area contributed by atoms with Gasteiger partial charge in [-0.3, -0.25) is 0 Å². The van der Waals surface area contributed by atoms with E-state index >= 15 is 0 Å². The van der Waals surface area contributed by atoms with Crippen molar-refractivity contribution in [2.75, 3.05) is 20.8 Å². The summed E-state index contributed by atoms with van der Waals surface area (Å²) >= 11 is 0. The second-order valence-corrected chi connectivity index (χ2v) is 6.48. The Morgan fingerprint density at radius 3 is 2.66 bits per heavy atom. The molecule has 29 heavy (non-hydrogen) atoms. The van der Waals surface area contributed by atoms with Gasteiger partial charge in [0.05, 0.1) is 26.9 Å². The van der Waals surface area contributed by atoms with Crippen LogP contribution in [-0.2, 0) is 6.54 Å². The molecule has 0 bridgehead atoms. The second kappa shape index (κ2) is 9.23. The van der Waals surface area contributed by atoms with E-state index in [1.807, 2.05) is 50.2 Å². The number of ether oxygens (including phenoxy) is 3. The van der Waals surface area contributed by atoms with Crippen molar-refractivity contribution >= 4 is 17.0 Å². The van der Waals surface area contributed by atoms with E-state index in [1.165, 1.54) is 0 Å². The SMILES string of the molecule is CCOc1cccc2cc(C(C)NC(=O)NCc3ccc(OC)cc3OC)oc12. The summed E-state index contributed by atoms with van der Waals surface area (Å²) in [4.78, 5) is 12.4. The number of furan rings is 1. The van der Waals surface area contributed by atoms with E-state index in [-0.39, 0.29) is 12.1 Å². The number of para-hydroxylation sites is 1. The molecule has 154 valence electrons. The third-order valence-electron chi connectivity index (χ3n) is 4.53. The average molecular weight is 398 g/mol. The van der Waals surface area contributed by atoms with Crippen molar-refractivity contribution in [3.05, 3.63) is 53.8 Å². The van der Waals surface area contributed by atoms with E-state index in [4.69, 9.17) is 18.6 Å². The summed E-state index contributed by atoms with van der Waals surface area (Å²) in [5.41, 5.74) is 1.53. The van der Waals surface area contributed by atoms with Crippen molar-refractivity contribution in [2.24, 2.45) is 0 Å². The zero-order valence-corrected chi connectivity index (χ0v) is 17.1. The van der Waals surface area contributed by atoms with Crippen molar-refractivity contribution in [1.82, 2.24) is 10.6 Å². The van der Waals surface area contributed by atoms with Gasteiger partial charge in [0.25, 0.3) is 0 Å². The van der Waals surface area contributed by atoms with Gasteiger partial charge >= 0.3 is 6.03 Å². The topological polar surface area (TPSA) is 82.0 Å². The van der Waals surface area contributed by atoms with Crippen LogP contribution in [-0.4, -0.2) is 26.9 Å². The number of carbonyl (C=O) groups is 1. The third kappa shape index (κ3) is 4.74. The standard InChI is InChI=1S/C22H26N2O5/c1-5-28-18-8-6-7-15-11-19(29-21(15)18)14(2)24-22(25)23-13-16-9-10-17(26-3)12-20(16)27-4/h6-12,14H,5,13H2,1-4H3,(H2,23,24,25). The van der Waals surface area contributed by atoms with E-state index in [0.717, 1.165) is 10.9 Å². The molecule has 2 N–H and O–H groups in total. The number of nitrogens with one attached hydrogen (secondary N) is 2. The molecule has 0 fully saturated rings. The summed E-state index contributed by atoms with van der Waals surface area (Å²) in [6.07, 6.45) is 0. The van der Waals surface area contributed by atoms with Crippen LogP contribution in [0.5, 0.6) is 17.2 Å². The van der Waals surface area contributed by atoms with E-state index in [0.29, 0.717) is 41.7 Å². The van der Waals surface area contributed by atoms with E-state index < -0.39 is 0 Å². The van der Waals surface area contributed by atoms with E-state index in [2.05, 4.69) is 10.6 Å². The van der Waals surface area contributed by atoms with Crippen LogP contribution < -0.4 is 24.8 Å². The average Bonchev–Trinajstić information content (AvgIpc) is 3.18. The summed E-state index contributed by atoms with van der Waals surface area (Å²) in [5.74, 6) is 2.70. The number of rotatable bonds is 8. The fourth-order valence-electron chi connectivity index (χ4n) is 3.03. The number of fused-ring (bicyclic) bond motifs is 1. The van der Waals surface area contributed by atoms with Crippen LogP contribution >= 0.6 is 0 Å². The Morgan fingerprint density at radius 2 is 1.93 bits per heavy atom. The summed E-state index contributed by atoms with van der Waals surface area (Å²) in [7, 11) is 3.18. The second-order valence-electron chi connectivity index (χ2n) is 6.48. The van der Waals surface area contributed by atoms with Gasteiger partial charge in [0, 0.05) is 23.6 Å². The lowest BCUT2D eigenvalue weighted by Gasteiger charge is -2.14. The lowest BCUT2D eigenvalue weighted by Crippen LogP contribution is -2.36. The van der Waals surface area contributed by atoms with Crippen LogP contribution in [0.1, 0.15) is 31.2 Å². The first kappa shape index (κ1) is 20.4. The molecule has 1 aromatic heterocycles. The molecule has 3 rings (SSSR count). The number of carbonyl (C=O) groups excluding carboxylic acids is 1. The molecular weight excluding hydrogens is 372 g/mol. The molecule has 0 saturated heterocycles. The highest BCUT2D eigenvalue weighted by Crippen LogP contribution is 2.31. The molecule has 0 spiro atoms. The normalized spacial score (nSPS) is 11.7. The Labute approximate surface area is 169 Å². The molecule has 7 nitrogen and oxygen atoms in total. The molecule has 3 aromatic rings. The van der Waals surface area contributed by atoms with Gasteiger partial charge < -0.3 is 29.3 Å². The summed E-state index contributed by atoms with van der Waals surface area (Å²) < 4.78 is 22.1. The van der Waals surface area contributed by atoms with Gasteiger partial charge in [-0.25, -0.2) is 4.79 Å². The number of urea groups is 1. The van der Waals surface area contributed by atoms with Crippen molar-refractivity contribution in [2.45, 2.75) is 26.4 Å². The van der Waals surface area contributed by atoms with Crippen LogP contribution in [0.15, 0.2) is 46.9 Å². The third-order valence-corrected chi connectivity index (χ3v) is 4.53. The van der Waals surface area contributed by atoms with E-state index in [1.54, 1.807) is 20.3 Å². The largest absolute Gasteiger partial charge is 0.497 e. The van der Waals surface area contributed by atoms with Gasteiger partial charge in [-0.15, -0.1) is 0 Å². The molecular formula is C22H26N2O5. The molecule has 1 unspecified atom stereocenters. The Bertz CT molecular complexity index is 982. The molecule has 0 aliphatic heterocycles. The van der Waals surface area contributed by atoms with Gasteiger partial charge in [0.1, 0.15) is 17.3 Å². The Kier molecular flexibility index (Phi) is 6.49. The molecule has 1 heterocycles. The highest BCUT2D eigenvalue weighted by molar-refractivity contribution is 5.84. The van der Waals surface area contributed by atoms with Crippen molar-refractivity contribution in [3.8, 4) is 17.2 Å². The monoisotopic (exact) mass is 398 g/mol. The molecule has 0 saturated carbocycles. The summed E-state index contributed by atoms with van der Waals surface area (Å²) in [5, 5.41) is 6.66. The Hall–Kier alpha value is -3.35. The van der Waals surface area contributed by atoms with Gasteiger partial charge in [-0.2, -0.15) is 0 Å². The molecule has 2 aromatic carbocycles. The van der Waals surface area contributed by atoms with Crippen LogP contribution in [0.25, 0.3) is 11.0 Å². The van der Waals surface area contributed by atoms with Crippen molar-refractivity contribution in [1.29, 1.82) is 0 Å². The van der Waals surface area contributed by atoms with Crippen LogP contribution in [0.2, 0.25) is 0 Å². The first-order valence-electron chi connectivity index (χ1n) is 9.46. The molecule has 0 radical (unpaired) electrons. The van der Waals surface area contributed by atoms with Gasteiger partial charge in [-0.05, 0) is 38.1 Å². The fourth-order valence-corrected chi connectivity index (χ4v) is 3.03. The number of hydrogen-bond donors (Lipinski definition) is 2. The van der Waals surface area contributed by atoms with Gasteiger partial charge in [0.2, 0.25) is 0 Å². The molecule has 2 amide bonds. The maximum Gasteiger partial charge on any atom is 0.315 e. The smallest absolute Gasteiger partial charge is 0.315 e. The van der Waals surface area contributed by atoms with E-state index in [9.17, 15) is 4.79 Å². The number of amides is 2. The summed E-state index contributed by atoms with van der Waals surface area (Å²) in [6, 6.07) is 12.5. The molecule has 1 atom stereocenters. The highest BCUT2D eigenvalue weighted by Gasteiger charge is 2.16. The molecule has 7 heteroatoms. The predicted molar refractivity (Wildman–Crippen MR) is 111 cm³/mol. The number of benzene rings is 2. The Morgan fingerprint density at radius 1 is 1.10 bits per heavy atom. The van der Waals surface area contributed by atoms with Gasteiger partial charge in [0.15, 0.2) is 11.3 Å². The minimum atomic E-state index is -0.311. The zero-order chi connectivity index (χ0) is 20.8. The fraction of sp³-hybridized carbons (Fsp3) is 0.318. The van der Waals surface area contributed by atoms with Gasteiger partial charge in [-0.1, -0.05) is 12.1 Å². The van der Waals surface area contributed by atoms with Crippen LogP contribution in [0.3, 0.4) is 0 Å². The lowest BCUT2D eigenvalue weighted by molar-refractivity contribution is 0.236. The highest BCUT2D eigenvalue weighted by atomic mass is 16.5. The minimum absolute atomic E-state index is 0.305. The predicted octanol–water partition coefficient (Wildman–Crippen LogP) is 4.41. The zero-order valence-electron chi connectivity index (χ0n) is 17.1. The lowest BCUT2D eigenvalue weighted by atomic mass is 10.2. The quantitative estimate of drug-likeness (QED) is 0.587. The van der Waals surface area contributed by atoms with Crippen LogP contribution in [0.4, 0.5) is 4.79 Å². The van der Waals surface area contributed by atoms with Crippen molar-refractivity contribution < 1.29 is 23.4 Å². The van der Waals surface area contributed by atoms with Crippen LogP contribution in [0, 0.1) is 0 Å². The van der Waals surface area contributed by atoms with Crippen molar-refractivity contribution in [3.63, 3.8) is 0 Å². The Balaban J connectivity index is 1.64. The maximum atomic E-state index is 12.4. The minimum Gasteiger partial charge on any atom is -0.497 e. The number of hydrogen-bond acceptors (Lipinski definition) is 5. The first-order valence-corrected chi connectivity index (χ1v) is 9.46. The number of methoxy groups -OCH3 is 2. The first-order chi connectivity index (χ1) is 14.0. The summed E-state index contributed by atoms with van der Waals surface area (Å²) in [6.45, 7) is 4.67. The maximum absolute atomic E-state index is 12.4.